The number of hydrogen-bond acceptors (Lipinski definition) is 6. The quantitative estimate of drug-likeness (QED) is 0.488. The molecule has 0 heterocycles. The minimum absolute atomic E-state index is 0.0405. The highest BCUT2D eigenvalue weighted by Gasteiger charge is 2.24. The van der Waals surface area contributed by atoms with Crippen LogP contribution in [0.15, 0.2) is 29.2 Å². The molecule has 1 rings (SSSR count). The van der Waals surface area contributed by atoms with Crippen molar-refractivity contribution in [2.45, 2.75) is 57.6 Å². The zero-order chi connectivity index (χ0) is 17.8. The fourth-order valence-corrected chi connectivity index (χ4v) is 2.80. The molecule has 6 nitrogen and oxygen atoms in total. The van der Waals surface area contributed by atoms with Crippen LogP contribution in [0.25, 0.3) is 0 Å². The van der Waals surface area contributed by atoms with Crippen LogP contribution in [0, 0.1) is 12.3 Å². The highest BCUT2D eigenvalue weighted by molar-refractivity contribution is 7.86. The van der Waals surface area contributed by atoms with Crippen LogP contribution in [0.4, 0.5) is 0 Å². The first-order valence-corrected chi connectivity index (χ1v) is 8.62. The van der Waals surface area contributed by atoms with E-state index >= 15 is 0 Å². The molecule has 1 aromatic carbocycles. The Morgan fingerprint density at radius 2 is 1.74 bits per heavy atom. The van der Waals surface area contributed by atoms with Crippen molar-refractivity contribution in [1.29, 1.82) is 5.41 Å². The second-order valence-electron chi connectivity index (χ2n) is 6.36. The first kappa shape index (κ1) is 19.3. The van der Waals surface area contributed by atoms with Crippen LogP contribution in [-0.2, 0) is 23.8 Å². The van der Waals surface area contributed by atoms with Gasteiger partial charge in [0.1, 0.15) is 11.3 Å². The molecule has 0 unspecified atom stereocenters. The number of nitrogens with one attached hydrogen (secondary N) is 1. The van der Waals surface area contributed by atoms with Crippen LogP contribution in [0.1, 0.15) is 39.7 Å². The van der Waals surface area contributed by atoms with Gasteiger partial charge >= 0.3 is 5.97 Å². The third-order valence-electron chi connectivity index (χ3n) is 2.74. The van der Waals surface area contributed by atoms with Gasteiger partial charge in [0.2, 0.25) is 0 Å². The third-order valence-corrected chi connectivity index (χ3v) is 4.17. The minimum atomic E-state index is -3.93. The standard InChI is InChI=1S/C16H23NO5S/c1-11-6-8-13(9-7-11)23(19,20)22-12(2)10-14(17)15(18)21-16(3,4)5/h6-9,12,17H,10H2,1-5H3/t12-/m1/s1. The predicted octanol–water partition coefficient (Wildman–Crippen LogP) is 2.84. The van der Waals surface area contributed by atoms with Gasteiger partial charge in [-0.25, -0.2) is 4.79 Å². The first-order chi connectivity index (χ1) is 10.4. The van der Waals surface area contributed by atoms with Gasteiger partial charge in [-0.15, -0.1) is 0 Å². The smallest absolute Gasteiger partial charge is 0.352 e. The lowest BCUT2D eigenvalue weighted by atomic mass is 10.1. The molecule has 0 saturated heterocycles. The minimum Gasteiger partial charge on any atom is -0.456 e. The molecule has 128 valence electrons. The maximum atomic E-state index is 12.1. The Balaban J connectivity index is 2.68. The van der Waals surface area contributed by atoms with E-state index in [1.165, 1.54) is 19.1 Å². The number of carbonyl (C=O) groups is 1. The molecule has 0 aromatic heterocycles. The predicted molar refractivity (Wildman–Crippen MR) is 87.1 cm³/mol. The van der Waals surface area contributed by atoms with Crippen molar-refractivity contribution in [3.05, 3.63) is 29.8 Å². The van der Waals surface area contributed by atoms with E-state index in [2.05, 4.69) is 0 Å². The molecule has 0 aliphatic heterocycles. The fourth-order valence-electron chi connectivity index (χ4n) is 1.72. The summed E-state index contributed by atoms with van der Waals surface area (Å²) in [4.78, 5) is 11.8. The molecule has 0 amide bonds. The van der Waals surface area contributed by atoms with Gasteiger partial charge in [0.15, 0.2) is 0 Å². The van der Waals surface area contributed by atoms with Gasteiger partial charge in [-0.3, -0.25) is 9.59 Å². The molecule has 1 N–H and O–H groups in total. The van der Waals surface area contributed by atoms with Crippen LogP contribution >= 0.6 is 0 Å². The molecule has 0 fully saturated rings. The molecule has 0 bridgehead atoms. The van der Waals surface area contributed by atoms with E-state index in [1.807, 2.05) is 6.92 Å². The Morgan fingerprint density at radius 1 is 1.22 bits per heavy atom. The van der Waals surface area contributed by atoms with E-state index in [0.717, 1.165) is 5.56 Å². The molecule has 23 heavy (non-hydrogen) atoms. The van der Waals surface area contributed by atoms with Gasteiger partial charge in [-0.1, -0.05) is 17.7 Å². The van der Waals surface area contributed by atoms with Crippen molar-refractivity contribution in [2.75, 3.05) is 0 Å². The van der Waals surface area contributed by atoms with Crippen LogP contribution < -0.4 is 0 Å². The summed E-state index contributed by atoms with van der Waals surface area (Å²) in [5, 5.41) is 7.70. The molecule has 0 aliphatic rings. The number of esters is 1. The lowest BCUT2D eigenvalue weighted by molar-refractivity contribution is -0.146. The molecule has 1 aromatic rings. The van der Waals surface area contributed by atoms with Crippen LogP contribution in [0.3, 0.4) is 0 Å². The lowest BCUT2D eigenvalue weighted by Crippen LogP contribution is -2.31. The summed E-state index contributed by atoms with van der Waals surface area (Å²) in [7, 11) is -3.93. The molecule has 7 heteroatoms. The summed E-state index contributed by atoms with van der Waals surface area (Å²) < 4.78 is 34.3. The van der Waals surface area contributed by atoms with E-state index in [4.69, 9.17) is 14.3 Å². The summed E-state index contributed by atoms with van der Waals surface area (Å²) in [6.07, 6.45) is -0.999. The van der Waals surface area contributed by atoms with E-state index < -0.39 is 27.8 Å². The Hall–Kier alpha value is -1.73. The maximum Gasteiger partial charge on any atom is 0.352 e. The average molecular weight is 341 g/mol. The van der Waals surface area contributed by atoms with Crippen molar-refractivity contribution in [3.8, 4) is 0 Å². The SMILES string of the molecule is Cc1ccc(S(=O)(=O)O[C@H](C)CC(=N)C(=O)OC(C)(C)C)cc1. The Labute approximate surface area is 137 Å². The number of rotatable bonds is 6. The van der Waals surface area contributed by atoms with Crippen molar-refractivity contribution < 1.29 is 22.1 Å². The van der Waals surface area contributed by atoms with Gasteiger partial charge in [0, 0.05) is 6.42 Å². The normalized spacial score (nSPS) is 13.4. The van der Waals surface area contributed by atoms with Gasteiger partial charge in [-0.05, 0) is 46.8 Å². The molecule has 1 atom stereocenters. The zero-order valence-corrected chi connectivity index (χ0v) is 14.9. The maximum absolute atomic E-state index is 12.1. The summed E-state index contributed by atoms with van der Waals surface area (Å²) in [6, 6.07) is 6.25. The van der Waals surface area contributed by atoms with Crippen molar-refractivity contribution in [2.24, 2.45) is 0 Å². The molecule has 0 radical (unpaired) electrons. The van der Waals surface area contributed by atoms with E-state index in [9.17, 15) is 13.2 Å². The van der Waals surface area contributed by atoms with E-state index in [0.29, 0.717) is 0 Å². The highest BCUT2D eigenvalue weighted by atomic mass is 32.2. The number of benzene rings is 1. The zero-order valence-electron chi connectivity index (χ0n) is 14.0. The lowest BCUT2D eigenvalue weighted by Gasteiger charge is -2.20. The number of aryl methyl sites for hydroxylation is 1. The molecular weight excluding hydrogens is 318 g/mol. The molecule has 0 spiro atoms. The molecule has 0 saturated carbocycles. The van der Waals surface area contributed by atoms with Crippen LogP contribution in [-0.4, -0.2) is 31.8 Å². The molecule has 0 aliphatic carbocycles. The van der Waals surface area contributed by atoms with E-state index in [1.54, 1.807) is 32.9 Å². The largest absolute Gasteiger partial charge is 0.456 e. The van der Waals surface area contributed by atoms with Crippen molar-refractivity contribution in [3.63, 3.8) is 0 Å². The second kappa shape index (κ2) is 7.23. The highest BCUT2D eigenvalue weighted by Crippen LogP contribution is 2.17. The van der Waals surface area contributed by atoms with E-state index in [-0.39, 0.29) is 17.0 Å². The third kappa shape index (κ3) is 6.50. The summed E-state index contributed by atoms with van der Waals surface area (Å²) in [5.41, 5.74) is -0.100. The van der Waals surface area contributed by atoms with Gasteiger partial charge in [-0.2, -0.15) is 8.42 Å². The van der Waals surface area contributed by atoms with Gasteiger partial charge in [0.25, 0.3) is 10.1 Å². The van der Waals surface area contributed by atoms with Gasteiger partial charge < -0.3 is 4.74 Å². The second-order valence-corrected chi connectivity index (χ2v) is 7.93. The Kier molecular flexibility index (Phi) is 6.07. The summed E-state index contributed by atoms with van der Waals surface area (Å²) in [5.74, 6) is -0.777. The average Bonchev–Trinajstić information content (AvgIpc) is 2.36. The first-order valence-electron chi connectivity index (χ1n) is 7.21. The van der Waals surface area contributed by atoms with Crippen molar-refractivity contribution >= 4 is 21.8 Å². The Bertz CT molecular complexity index is 671. The van der Waals surface area contributed by atoms with Gasteiger partial charge in [0.05, 0.1) is 11.0 Å². The molecular formula is C16H23NO5S. The number of carbonyl (C=O) groups excluding carboxylic acids is 1. The summed E-state index contributed by atoms with van der Waals surface area (Å²) in [6.45, 7) is 8.42. The van der Waals surface area contributed by atoms with Crippen molar-refractivity contribution in [1.82, 2.24) is 0 Å². The monoisotopic (exact) mass is 341 g/mol. The topological polar surface area (TPSA) is 93.5 Å². The Morgan fingerprint density at radius 3 is 2.22 bits per heavy atom. The van der Waals surface area contributed by atoms with Crippen LogP contribution in [0.5, 0.6) is 0 Å². The van der Waals surface area contributed by atoms with Crippen LogP contribution in [0.2, 0.25) is 0 Å². The summed E-state index contributed by atoms with van der Waals surface area (Å²) >= 11 is 0. The number of hydrogen-bond donors (Lipinski definition) is 1. The number of ether oxygens (including phenoxy) is 1. The fraction of sp³-hybridized carbons (Fsp3) is 0.500.